The largest absolute Gasteiger partial charge is 0.497 e. The van der Waals surface area contributed by atoms with Gasteiger partial charge in [-0.3, -0.25) is 0 Å². The van der Waals surface area contributed by atoms with Gasteiger partial charge in [-0.25, -0.2) is 0 Å². The lowest BCUT2D eigenvalue weighted by molar-refractivity contribution is 0.340. The van der Waals surface area contributed by atoms with Crippen LogP contribution >= 0.6 is 15.9 Å². The van der Waals surface area contributed by atoms with Crippen molar-refractivity contribution in [2.75, 3.05) is 19.0 Å². The van der Waals surface area contributed by atoms with Crippen molar-refractivity contribution in [3.05, 3.63) is 52.5 Å². The van der Waals surface area contributed by atoms with E-state index in [1.54, 1.807) is 7.11 Å². The van der Waals surface area contributed by atoms with E-state index in [1.807, 2.05) is 37.3 Å². The zero-order valence-electron chi connectivity index (χ0n) is 11.7. The monoisotopic (exact) mass is 335 g/mol. The molecule has 20 heavy (non-hydrogen) atoms. The van der Waals surface area contributed by atoms with Gasteiger partial charge in [0.2, 0.25) is 0 Å². The third-order valence-electron chi connectivity index (χ3n) is 2.84. The Balaban J connectivity index is 1.99. The van der Waals surface area contributed by atoms with E-state index in [-0.39, 0.29) is 0 Å². The normalized spacial score (nSPS) is 10.2. The van der Waals surface area contributed by atoms with Gasteiger partial charge in [0.1, 0.15) is 11.5 Å². The molecule has 0 atom stereocenters. The molecule has 0 radical (unpaired) electrons. The highest BCUT2D eigenvalue weighted by atomic mass is 79.9. The van der Waals surface area contributed by atoms with Crippen LogP contribution in [0.5, 0.6) is 11.5 Å². The van der Waals surface area contributed by atoms with Crippen molar-refractivity contribution >= 4 is 21.6 Å². The van der Waals surface area contributed by atoms with Gasteiger partial charge in [-0.05, 0) is 36.8 Å². The average molecular weight is 336 g/mol. The molecule has 0 fully saturated rings. The van der Waals surface area contributed by atoms with Gasteiger partial charge < -0.3 is 14.8 Å². The van der Waals surface area contributed by atoms with Crippen molar-refractivity contribution in [2.24, 2.45) is 0 Å². The van der Waals surface area contributed by atoms with Crippen LogP contribution in [-0.4, -0.2) is 13.7 Å². The molecule has 0 aromatic heterocycles. The van der Waals surface area contributed by atoms with E-state index in [2.05, 4.69) is 33.4 Å². The van der Waals surface area contributed by atoms with E-state index in [4.69, 9.17) is 9.47 Å². The molecule has 2 aromatic rings. The van der Waals surface area contributed by atoms with Gasteiger partial charge >= 0.3 is 0 Å². The van der Waals surface area contributed by atoms with Crippen LogP contribution in [0.15, 0.2) is 46.9 Å². The van der Waals surface area contributed by atoms with Crippen molar-refractivity contribution in [2.45, 2.75) is 13.5 Å². The number of halogens is 1. The zero-order chi connectivity index (χ0) is 14.4. The van der Waals surface area contributed by atoms with E-state index in [0.29, 0.717) is 6.61 Å². The molecule has 2 rings (SSSR count). The smallest absolute Gasteiger partial charge is 0.122 e. The van der Waals surface area contributed by atoms with E-state index in [0.717, 1.165) is 28.2 Å². The molecule has 0 aliphatic rings. The van der Waals surface area contributed by atoms with Crippen LogP contribution < -0.4 is 14.8 Å². The van der Waals surface area contributed by atoms with Crippen LogP contribution in [0.25, 0.3) is 0 Å². The predicted molar refractivity (Wildman–Crippen MR) is 85.6 cm³/mol. The maximum absolute atomic E-state index is 5.43. The number of hydrogen-bond acceptors (Lipinski definition) is 3. The standard InChI is InChI=1S/C16H18BrNO2/c1-3-20-15-6-4-12(5-7-15)11-18-14-8-13(17)9-16(10-14)19-2/h4-10,18H,3,11H2,1-2H3. The molecule has 0 bridgehead atoms. The van der Waals surface area contributed by atoms with Gasteiger partial charge in [0.25, 0.3) is 0 Å². The minimum absolute atomic E-state index is 0.690. The van der Waals surface area contributed by atoms with Crippen molar-refractivity contribution in [3.8, 4) is 11.5 Å². The summed E-state index contributed by atoms with van der Waals surface area (Å²) in [6, 6.07) is 14.0. The lowest BCUT2D eigenvalue weighted by atomic mass is 10.2. The van der Waals surface area contributed by atoms with Crippen LogP contribution in [0, 0.1) is 0 Å². The van der Waals surface area contributed by atoms with Crippen molar-refractivity contribution < 1.29 is 9.47 Å². The SMILES string of the molecule is CCOc1ccc(CNc2cc(Br)cc(OC)c2)cc1. The Morgan fingerprint density at radius 2 is 1.80 bits per heavy atom. The number of ether oxygens (including phenoxy) is 2. The van der Waals surface area contributed by atoms with Gasteiger partial charge in [0.15, 0.2) is 0 Å². The summed E-state index contributed by atoms with van der Waals surface area (Å²) in [5, 5.41) is 3.38. The second-order valence-corrected chi connectivity index (χ2v) is 5.23. The average Bonchev–Trinajstić information content (AvgIpc) is 2.46. The fourth-order valence-corrected chi connectivity index (χ4v) is 2.33. The Kier molecular flexibility index (Phi) is 5.30. The minimum atomic E-state index is 0.690. The maximum Gasteiger partial charge on any atom is 0.122 e. The zero-order valence-corrected chi connectivity index (χ0v) is 13.2. The number of rotatable bonds is 6. The summed E-state index contributed by atoms with van der Waals surface area (Å²) in [5.41, 5.74) is 2.22. The van der Waals surface area contributed by atoms with Crippen LogP contribution in [0.1, 0.15) is 12.5 Å². The molecule has 106 valence electrons. The fraction of sp³-hybridized carbons (Fsp3) is 0.250. The summed E-state index contributed by atoms with van der Waals surface area (Å²) in [7, 11) is 1.66. The van der Waals surface area contributed by atoms with Gasteiger partial charge in [-0.2, -0.15) is 0 Å². The molecular formula is C16H18BrNO2. The van der Waals surface area contributed by atoms with Gasteiger partial charge in [0.05, 0.1) is 13.7 Å². The van der Waals surface area contributed by atoms with Gasteiger partial charge in [0, 0.05) is 22.8 Å². The number of methoxy groups -OCH3 is 1. The van der Waals surface area contributed by atoms with E-state index < -0.39 is 0 Å². The van der Waals surface area contributed by atoms with Crippen molar-refractivity contribution in [1.82, 2.24) is 0 Å². The third-order valence-corrected chi connectivity index (χ3v) is 3.30. The van der Waals surface area contributed by atoms with E-state index in [1.165, 1.54) is 5.56 Å². The first kappa shape index (κ1) is 14.7. The number of hydrogen-bond donors (Lipinski definition) is 1. The molecule has 1 N–H and O–H groups in total. The maximum atomic E-state index is 5.43. The quantitative estimate of drug-likeness (QED) is 0.844. The van der Waals surface area contributed by atoms with Gasteiger partial charge in [-0.15, -0.1) is 0 Å². The minimum Gasteiger partial charge on any atom is -0.497 e. The van der Waals surface area contributed by atoms with E-state index >= 15 is 0 Å². The number of benzene rings is 2. The Bertz CT molecular complexity index is 555. The van der Waals surface area contributed by atoms with Crippen LogP contribution in [-0.2, 0) is 6.54 Å². The molecule has 0 saturated heterocycles. The summed E-state index contributed by atoms with van der Waals surface area (Å²) in [6.07, 6.45) is 0. The second-order valence-electron chi connectivity index (χ2n) is 4.31. The van der Waals surface area contributed by atoms with Crippen LogP contribution in [0.3, 0.4) is 0 Å². The van der Waals surface area contributed by atoms with Crippen molar-refractivity contribution in [1.29, 1.82) is 0 Å². The molecule has 0 unspecified atom stereocenters. The first-order chi connectivity index (χ1) is 9.71. The molecule has 3 nitrogen and oxygen atoms in total. The van der Waals surface area contributed by atoms with Gasteiger partial charge in [-0.1, -0.05) is 28.1 Å². The molecular weight excluding hydrogens is 318 g/mol. The first-order valence-electron chi connectivity index (χ1n) is 6.51. The summed E-state index contributed by atoms with van der Waals surface area (Å²) in [4.78, 5) is 0. The molecule has 4 heteroatoms. The number of anilines is 1. The highest BCUT2D eigenvalue weighted by Gasteiger charge is 2.00. The molecule has 0 aliphatic carbocycles. The molecule has 0 saturated carbocycles. The molecule has 2 aromatic carbocycles. The first-order valence-corrected chi connectivity index (χ1v) is 7.30. The van der Waals surface area contributed by atoms with E-state index in [9.17, 15) is 0 Å². The molecule has 0 amide bonds. The highest BCUT2D eigenvalue weighted by Crippen LogP contribution is 2.25. The summed E-state index contributed by atoms with van der Waals surface area (Å²) >= 11 is 3.47. The third kappa shape index (κ3) is 4.17. The number of nitrogens with one attached hydrogen (secondary N) is 1. The highest BCUT2D eigenvalue weighted by molar-refractivity contribution is 9.10. The Hall–Kier alpha value is -1.68. The Labute approximate surface area is 128 Å². The van der Waals surface area contributed by atoms with Crippen molar-refractivity contribution in [3.63, 3.8) is 0 Å². The van der Waals surface area contributed by atoms with Crippen LogP contribution in [0.4, 0.5) is 5.69 Å². The molecule has 0 heterocycles. The summed E-state index contributed by atoms with van der Waals surface area (Å²) < 4.78 is 11.7. The molecule has 0 aliphatic heterocycles. The lowest BCUT2D eigenvalue weighted by Crippen LogP contribution is -2.00. The summed E-state index contributed by atoms with van der Waals surface area (Å²) in [5.74, 6) is 1.73. The second kappa shape index (κ2) is 7.20. The van der Waals surface area contributed by atoms with Crippen LogP contribution in [0.2, 0.25) is 0 Å². The fourth-order valence-electron chi connectivity index (χ4n) is 1.86. The summed E-state index contributed by atoms with van der Waals surface area (Å²) in [6.45, 7) is 3.43. The lowest BCUT2D eigenvalue weighted by Gasteiger charge is -2.10. The topological polar surface area (TPSA) is 30.5 Å². The molecule has 0 spiro atoms. The Morgan fingerprint density at radius 3 is 2.45 bits per heavy atom. The Morgan fingerprint density at radius 1 is 1.05 bits per heavy atom. The predicted octanol–water partition coefficient (Wildman–Crippen LogP) is 4.47.